The quantitative estimate of drug-likeness (QED) is 0.0722. The molecule has 0 radical (unpaired) electrons. The number of esters is 1. The molecule has 0 atom stereocenters. The van der Waals surface area contributed by atoms with E-state index in [4.69, 9.17) is 14.6 Å². The van der Waals surface area contributed by atoms with E-state index in [9.17, 15) is 18.4 Å². The van der Waals surface area contributed by atoms with Gasteiger partial charge in [-0.2, -0.15) is 14.6 Å². The Bertz CT molecular complexity index is 1470. The van der Waals surface area contributed by atoms with E-state index in [1.807, 2.05) is 13.8 Å². The van der Waals surface area contributed by atoms with Gasteiger partial charge in [0.1, 0.15) is 17.1 Å². The molecule has 47 heavy (non-hydrogen) atoms. The third kappa shape index (κ3) is 13.1. The number of thioether (sulfide) groups is 1. The molecule has 1 amide bonds. The molecule has 3 aromatic heterocycles. The van der Waals surface area contributed by atoms with Crippen LogP contribution in [0.1, 0.15) is 70.4 Å². The molecule has 0 aromatic carbocycles. The molecule has 13 nitrogen and oxygen atoms in total. The zero-order chi connectivity index (χ0) is 34.6. The predicted molar refractivity (Wildman–Crippen MR) is 175 cm³/mol. The summed E-state index contributed by atoms with van der Waals surface area (Å²) in [5.41, 5.74) is 0.842. The summed E-state index contributed by atoms with van der Waals surface area (Å²) in [6, 6.07) is 2.00. The fraction of sp³-hybridized carbons (Fsp3) is 0.452. The number of carbonyl (C=O) groups is 3. The summed E-state index contributed by atoms with van der Waals surface area (Å²) in [5, 5.41) is 19.8. The number of nitrogens with zero attached hydrogens (tertiary/aromatic N) is 6. The lowest BCUT2D eigenvalue weighted by atomic mass is 9.96. The van der Waals surface area contributed by atoms with Gasteiger partial charge >= 0.3 is 5.97 Å². The Hall–Kier alpha value is -4.44. The maximum atomic E-state index is 14.6. The molecule has 16 heteroatoms. The Balaban J connectivity index is 0.00000100. The van der Waals surface area contributed by atoms with Crippen LogP contribution >= 0.6 is 11.8 Å². The zero-order valence-electron chi connectivity index (χ0n) is 26.7. The first kappa shape index (κ1) is 38.7. The second-order valence-electron chi connectivity index (χ2n) is 10.0. The van der Waals surface area contributed by atoms with Gasteiger partial charge in [0.25, 0.3) is 12.4 Å². The lowest BCUT2D eigenvalue weighted by Gasteiger charge is -2.21. The third-order valence-corrected chi connectivity index (χ3v) is 7.49. The van der Waals surface area contributed by atoms with E-state index in [0.717, 1.165) is 56.4 Å². The summed E-state index contributed by atoms with van der Waals surface area (Å²) in [6.45, 7) is 7.95. The molecule has 1 aliphatic carbocycles. The van der Waals surface area contributed by atoms with Gasteiger partial charge in [0.05, 0.1) is 17.9 Å². The molecule has 3 heterocycles. The minimum atomic E-state index is -0.854. The van der Waals surface area contributed by atoms with Crippen LogP contribution in [0.4, 0.5) is 14.5 Å². The number of carboxylic acid groups (broad SMARTS) is 1. The first-order valence-electron chi connectivity index (χ1n) is 15.0. The van der Waals surface area contributed by atoms with Crippen molar-refractivity contribution >= 4 is 42.5 Å². The number of rotatable bonds is 13. The molecule has 1 saturated carbocycles. The second kappa shape index (κ2) is 21.4. The van der Waals surface area contributed by atoms with E-state index in [1.165, 1.54) is 16.4 Å². The Morgan fingerprint density at radius 3 is 2.53 bits per heavy atom. The summed E-state index contributed by atoms with van der Waals surface area (Å²) in [7, 11) is 1.68. The molecule has 0 saturated heterocycles. The van der Waals surface area contributed by atoms with Gasteiger partial charge in [0.15, 0.2) is 12.5 Å². The van der Waals surface area contributed by atoms with Crippen LogP contribution in [0.2, 0.25) is 0 Å². The van der Waals surface area contributed by atoms with Gasteiger partial charge in [-0.3, -0.25) is 24.1 Å². The third-order valence-electron chi connectivity index (χ3n) is 6.60. The molecule has 0 aliphatic heterocycles. The number of carbonyl (C=O) groups excluding carboxylic acids is 2. The highest BCUT2D eigenvalue weighted by molar-refractivity contribution is 8.01. The van der Waals surface area contributed by atoms with Gasteiger partial charge in [-0.25, -0.2) is 14.1 Å². The number of nitrogens with one attached hydrogen (secondary N) is 1. The second-order valence-corrected chi connectivity index (χ2v) is 10.9. The van der Waals surface area contributed by atoms with E-state index in [0.29, 0.717) is 18.6 Å². The first-order valence-corrected chi connectivity index (χ1v) is 16.0. The monoisotopic (exact) mass is 677 g/mol. The number of methoxy groups -OCH3 is 1. The van der Waals surface area contributed by atoms with Gasteiger partial charge in [0, 0.05) is 49.3 Å². The molecule has 3 aromatic rings. The number of halogens is 2. The number of pyridine rings is 1. The van der Waals surface area contributed by atoms with E-state index in [2.05, 4.69) is 36.9 Å². The van der Waals surface area contributed by atoms with Crippen LogP contribution in [0.25, 0.3) is 11.4 Å². The molecule has 4 rings (SSSR count). The Kier molecular flexibility index (Phi) is 17.6. The van der Waals surface area contributed by atoms with Crippen molar-refractivity contribution < 1.29 is 37.7 Å². The van der Waals surface area contributed by atoms with Crippen LogP contribution < -0.4 is 5.32 Å². The van der Waals surface area contributed by atoms with Gasteiger partial charge < -0.3 is 19.9 Å². The summed E-state index contributed by atoms with van der Waals surface area (Å²) in [4.78, 5) is 40.5. The summed E-state index contributed by atoms with van der Waals surface area (Å²) < 4.78 is 41.4. The van der Waals surface area contributed by atoms with Crippen molar-refractivity contribution in [2.75, 3.05) is 19.0 Å². The Morgan fingerprint density at radius 1 is 1.19 bits per heavy atom. The molecular weight excluding hydrogens is 636 g/mol. The average molecular weight is 678 g/mol. The van der Waals surface area contributed by atoms with Crippen LogP contribution in [0, 0.1) is 11.8 Å². The van der Waals surface area contributed by atoms with Gasteiger partial charge in [0.2, 0.25) is 5.95 Å². The number of aromatic nitrogens is 5. The molecule has 256 valence electrons. The summed E-state index contributed by atoms with van der Waals surface area (Å²) in [5.74, 6) is -2.00. The molecular formula is C31H41F2N7O6S. The van der Waals surface area contributed by atoms with Crippen molar-refractivity contribution in [1.82, 2.24) is 24.5 Å². The van der Waals surface area contributed by atoms with Crippen molar-refractivity contribution in [3.05, 3.63) is 59.2 Å². The number of anilines is 1. The maximum Gasteiger partial charge on any atom is 0.307 e. The Morgan fingerprint density at radius 2 is 1.89 bits per heavy atom. The molecule has 2 N–H and O–H groups in total. The molecule has 0 unspecified atom stereocenters. The van der Waals surface area contributed by atoms with E-state index < -0.39 is 17.7 Å². The van der Waals surface area contributed by atoms with Gasteiger partial charge in [-0.1, -0.05) is 26.2 Å². The van der Waals surface area contributed by atoms with Crippen LogP contribution in [0.5, 0.6) is 0 Å². The topological polar surface area (TPSA) is 163 Å². The first-order chi connectivity index (χ1) is 22.7. The standard InChI is InChI=1S/C27H31F2N7O3S.C3H8O.CH2O2/c1-3-7-24(37)39-17-35-13-18(12-31-35)15-40-16-22(30-2)27(38)32-21-14-36(19-8-5-4-6-9-19)34-26(21)25-20(28)10-11-23(29)33-25;1-3-4-2;2-1-3/h10-14,16,19H,2-9,15,17H2,1H3,(H,32,38);3H2,1-2H3;1H,(H,2,3)/b22-16-;;. The number of aliphatic imine (C=N–C) groups is 1. The van der Waals surface area contributed by atoms with Crippen LogP contribution in [-0.2, 0) is 36.3 Å². The minimum absolute atomic E-state index is 0.0266. The number of hydrogen-bond donors (Lipinski definition) is 2. The normalized spacial score (nSPS) is 13.0. The summed E-state index contributed by atoms with van der Waals surface area (Å²) in [6.07, 6.45) is 11.1. The smallest absolute Gasteiger partial charge is 0.307 e. The fourth-order valence-corrected chi connectivity index (χ4v) is 5.07. The van der Waals surface area contributed by atoms with Crippen molar-refractivity contribution in [2.24, 2.45) is 4.99 Å². The Labute approximate surface area is 276 Å². The highest BCUT2D eigenvalue weighted by Gasteiger charge is 2.24. The maximum absolute atomic E-state index is 14.6. The van der Waals surface area contributed by atoms with Crippen molar-refractivity contribution in [3.8, 4) is 11.4 Å². The van der Waals surface area contributed by atoms with Crippen molar-refractivity contribution in [2.45, 2.75) is 77.3 Å². The van der Waals surface area contributed by atoms with Crippen molar-refractivity contribution in [1.29, 1.82) is 0 Å². The van der Waals surface area contributed by atoms with Crippen LogP contribution in [0.3, 0.4) is 0 Å². The van der Waals surface area contributed by atoms with E-state index in [-0.39, 0.29) is 48.0 Å². The predicted octanol–water partition coefficient (Wildman–Crippen LogP) is 5.99. The van der Waals surface area contributed by atoms with E-state index >= 15 is 0 Å². The van der Waals surface area contributed by atoms with Gasteiger partial charge in [-0.15, -0.1) is 11.8 Å². The molecule has 0 bridgehead atoms. The molecule has 1 aliphatic rings. The largest absolute Gasteiger partial charge is 0.483 e. The average Bonchev–Trinajstić information content (AvgIpc) is 3.71. The highest BCUT2D eigenvalue weighted by Crippen LogP contribution is 2.33. The lowest BCUT2D eigenvalue weighted by molar-refractivity contribution is -0.148. The summed E-state index contributed by atoms with van der Waals surface area (Å²) >= 11 is 1.30. The minimum Gasteiger partial charge on any atom is -0.483 e. The van der Waals surface area contributed by atoms with Gasteiger partial charge in [-0.05, 0) is 45.0 Å². The number of amides is 1. The SMILES string of the molecule is C=N/C(=C\SCc1cnn(COC(=O)CCC)c1)C(=O)Nc1cn(C2CCCCC2)nc1-c1nc(F)ccc1F.CCOC.O=CO. The van der Waals surface area contributed by atoms with Crippen molar-refractivity contribution in [3.63, 3.8) is 0 Å². The number of hydrogen-bond acceptors (Lipinski definition) is 10. The lowest BCUT2D eigenvalue weighted by Crippen LogP contribution is -2.14. The van der Waals surface area contributed by atoms with E-state index in [1.54, 1.807) is 35.8 Å². The molecule has 0 spiro atoms. The van der Waals surface area contributed by atoms with Crippen LogP contribution in [0.15, 0.2) is 46.8 Å². The number of ether oxygens (including phenoxy) is 2. The fourth-order valence-electron chi connectivity index (χ4n) is 4.31. The highest BCUT2D eigenvalue weighted by atomic mass is 32.2. The molecule has 1 fully saturated rings. The van der Waals surface area contributed by atoms with Crippen LogP contribution in [-0.4, -0.2) is 68.4 Å². The zero-order valence-corrected chi connectivity index (χ0v) is 27.5.